The molecule has 1 amide bonds. The Morgan fingerprint density at radius 2 is 1.93 bits per heavy atom. The van der Waals surface area contributed by atoms with E-state index in [1.807, 2.05) is 36.4 Å². The van der Waals surface area contributed by atoms with Crippen LogP contribution >= 0.6 is 0 Å². The molecule has 0 fully saturated rings. The van der Waals surface area contributed by atoms with Gasteiger partial charge in [0.1, 0.15) is 5.84 Å². The van der Waals surface area contributed by atoms with Crippen molar-refractivity contribution >= 4 is 23.4 Å². The van der Waals surface area contributed by atoms with Crippen LogP contribution < -0.4 is 21.1 Å². The predicted octanol–water partition coefficient (Wildman–Crippen LogP) is 3.82. The molecule has 6 N–H and O–H groups in total. The normalized spacial score (nSPS) is 13.7. The van der Waals surface area contributed by atoms with Gasteiger partial charge in [-0.1, -0.05) is 12.1 Å². The number of hydrogen-bond acceptors (Lipinski definition) is 7. The molecule has 5 rings (SSSR count). The molecule has 0 spiro atoms. The third kappa shape index (κ3) is 5.46. The SMILES string of the molecule is COc1ccc(-c2cc(C(=O)NCc3ccccn3)ccc2CC2CNc3ccc(C(=N)N)cc32)c(C(=O)O)n1. The van der Waals surface area contributed by atoms with Crippen LogP contribution in [0.3, 0.4) is 0 Å². The molecule has 1 aliphatic rings. The summed E-state index contributed by atoms with van der Waals surface area (Å²) in [5.41, 5.74) is 11.1. The van der Waals surface area contributed by atoms with Crippen LogP contribution in [0.15, 0.2) is 72.9 Å². The van der Waals surface area contributed by atoms with E-state index in [-0.39, 0.29) is 35.8 Å². The number of fused-ring (bicyclic) bond motifs is 1. The van der Waals surface area contributed by atoms with Gasteiger partial charge < -0.3 is 26.2 Å². The lowest BCUT2D eigenvalue weighted by Crippen LogP contribution is -2.23. The molecule has 3 heterocycles. The van der Waals surface area contributed by atoms with Gasteiger partial charge in [0.15, 0.2) is 5.69 Å². The van der Waals surface area contributed by atoms with Crippen molar-refractivity contribution in [3.63, 3.8) is 0 Å². The summed E-state index contributed by atoms with van der Waals surface area (Å²) in [5.74, 6) is -1.31. The number of benzene rings is 2. The van der Waals surface area contributed by atoms with Crippen molar-refractivity contribution in [1.82, 2.24) is 15.3 Å². The minimum atomic E-state index is -1.20. The average molecular weight is 537 g/mol. The van der Waals surface area contributed by atoms with Crippen LogP contribution in [0.25, 0.3) is 11.1 Å². The summed E-state index contributed by atoms with van der Waals surface area (Å²) in [7, 11) is 1.42. The van der Waals surface area contributed by atoms with E-state index in [1.165, 1.54) is 7.11 Å². The van der Waals surface area contributed by atoms with Gasteiger partial charge in [0.2, 0.25) is 5.88 Å². The minimum absolute atomic E-state index is 0.00869. The monoisotopic (exact) mass is 536 g/mol. The van der Waals surface area contributed by atoms with Gasteiger partial charge >= 0.3 is 5.97 Å². The number of rotatable bonds is 9. The molecule has 0 radical (unpaired) electrons. The van der Waals surface area contributed by atoms with Crippen molar-refractivity contribution < 1.29 is 19.4 Å². The lowest BCUT2D eigenvalue weighted by atomic mass is 9.87. The summed E-state index contributed by atoms with van der Waals surface area (Å²) in [4.78, 5) is 33.7. The van der Waals surface area contributed by atoms with Gasteiger partial charge in [-0.2, -0.15) is 0 Å². The molecule has 4 aromatic rings. The van der Waals surface area contributed by atoms with E-state index in [4.69, 9.17) is 15.9 Å². The Kier molecular flexibility index (Phi) is 7.41. The first kappa shape index (κ1) is 26.4. The van der Waals surface area contributed by atoms with Crippen LogP contribution in [-0.2, 0) is 13.0 Å². The first-order chi connectivity index (χ1) is 19.3. The van der Waals surface area contributed by atoms with Gasteiger partial charge in [-0.3, -0.25) is 15.2 Å². The molecule has 1 aliphatic heterocycles. The zero-order valence-corrected chi connectivity index (χ0v) is 21.8. The number of hydrogen-bond donors (Lipinski definition) is 5. The fourth-order valence-corrected chi connectivity index (χ4v) is 4.88. The third-order valence-electron chi connectivity index (χ3n) is 6.91. The fourth-order valence-electron chi connectivity index (χ4n) is 4.88. The Balaban J connectivity index is 1.53. The quantitative estimate of drug-likeness (QED) is 0.159. The molecule has 0 bridgehead atoms. The second-order valence-electron chi connectivity index (χ2n) is 9.43. The largest absolute Gasteiger partial charge is 0.481 e. The summed E-state index contributed by atoms with van der Waals surface area (Å²) < 4.78 is 5.16. The van der Waals surface area contributed by atoms with Crippen LogP contribution in [0.4, 0.5) is 5.69 Å². The standard InChI is InChI=1S/C30H28N6O4/c1-40-26-10-8-22(27(36-26)30(38)39)23-14-19(29(37)35-16-21-4-2-3-11-33-21)6-5-17(23)12-20-15-34-25-9-7-18(28(31)32)13-24(20)25/h2-11,13-14,20,34H,12,15-16H2,1H3,(H3,31,32)(H,35,37)(H,38,39). The highest BCUT2D eigenvalue weighted by Gasteiger charge is 2.26. The fraction of sp³-hybridized carbons (Fsp3) is 0.167. The van der Waals surface area contributed by atoms with Gasteiger partial charge in [0.05, 0.1) is 19.3 Å². The van der Waals surface area contributed by atoms with Crippen LogP contribution in [-0.4, -0.2) is 46.4 Å². The molecule has 1 atom stereocenters. The maximum Gasteiger partial charge on any atom is 0.355 e. The van der Waals surface area contributed by atoms with Gasteiger partial charge in [0.25, 0.3) is 5.91 Å². The number of aromatic nitrogens is 2. The second-order valence-corrected chi connectivity index (χ2v) is 9.43. The number of carboxylic acids is 1. The number of nitrogens with zero attached hydrogens (tertiary/aromatic N) is 2. The number of nitrogens with two attached hydrogens (primary N) is 1. The number of carbonyl (C=O) groups excluding carboxylic acids is 1. The number of nitrogens with one attached hydrogen (secondary N) is 3. The van der Waals surface area contributed by atoms with Crippen molar-refractivity contribution in [3.8, 4) is 17.0 Å². The topological polar surface area (TPSA) is 163 Å². The van der Waals surface area contributed by atoms with Gasteiger partial charge in [-0.15, -0.1) is 0 Å². The molecule has 1 unspecified atom stereocenters. The van der Waals surface area contributed by atoms with Gasteiger partial charge in [-0.25, -0.2) is 9.78 Å². The molecule has 2 aromatic carbocycles. The third-order valence-corrected chi connectivity index (χ3v) is 6.91. The number of carboxylic acid groups (broad SMARTS) is 1. The molecule has 0 aliphatic carbocycles. The smallest absolute Gasteiger partial charge is 0.355 e. The number of methoxy groups -OCH3 is 1. The number of pyridine rings is 2. The summed E-state index contributed by atoms with van der Waals surface area (Å²) in [5, 5.41) is 24.1. The average Bonchev–Trinajstić information content (AvgIpc) is 3.38. The zero-order chi connectivity index (χ0) is 28.2. The molecule has 0 saturated carbocycles. The summed E-state index contributed by atoms with van der Waals surface area (Å²) in [6.45, 7) is 0.916. The Labute approximate surface area is 230 Å². The molecule has 2 aromatic heterocycles. The molecular formula is C30H28N6O4. The maximum atomic E-state index is 13.1. The van der Waals surface area contributed by atoms with E-state index < -0.39 is 5.97 Å². The summed E-state index contributed by atoms with van der Waals surface area (Å²) >= 11 is 0. The van der Waals surface area contributed by atoms with Crippen molar-refractivity contribution in [3.05, 3.63) is 107 Å². The Bertz CT molecular complexity index is 1610. The summed E-state index contributed by atoms with van der Waals surface area (Å²) in [6.07, 6.45) is 2.21. The van der Waals surface area contributed by atoms with E-state index in [1.54, 1.807) is 36.5 Å². The number of nitrogen functional groups attached to an aromatic ring is 1. The maximum absolute atomic E-state index is 13.1. The van der Waals surface area contributed by atoms with E-state index in [0.29, 0.717) is 35.2 Å². The Hall–Kier alpha value is -5.25. The lowest BCUT2D eigenvalue weighted by molar-refractivity contribution is 0.0690. The molecule has 0 saturated heterocycles. The van der Waals surface area contributed by atoms with Crippen LogP contribution in [0.2, 0.25) is 0 Å². The van der Waals surface area contributed by atoms with E-state index in [2.05, 4.69) is 20.6 Å². The Morgan fingerprint density at radius 1 is 1.10 bits per heavy atom. The van der Waals surface area contributed by atoms with Crippen molar-refractivity contribution in [1.29, 1.82) is 5.41 Å². The molecule has 10 nitrogen and oxygen atoms in total. The number of amides is 1. The van der Waals surface area contributed by atoms with Crippen molar-refractivity contribution in [2.24, 2.45) is 5.73 Å². The summed E-state index contributed by atoms with van der Waals surface area (Å²) in [6, 6.07) is 19.7. The highest BCUT2D eigenvalue weighted by Crippen LogP contribution is 2.38. The van der Waals surface area contributed by atoms with Crippen molar-refractivity contribution in [2.75, 3.05) is 19.0 Å². The first-order valence-corrected chi connectivity index (χ1v) is 12.7. The van der Waals surface area contributed by atoms with Crippen LogP contribution in [0.1, 0.15) is 49.1 Å². The minimum Gasteiger partial charge on any atom is -0.481 e. The molecule has 202 valence electrons. The number of anilines is 1. The van der Waals surface area contributed by atoms with Crippen LogP contribution in [0.5, 0.6) is 5.88 Å². The first-order valence-electron chi connectivity index (χ1n) is 12.7. The molecule has 40 heavy (non-hydrogen) atoms. The number of amidine groups is 1. The highest BCUT2D eigenvalue weighted by atomic mass is 16.5. The van der Waals surface area contributed by atoms with Crippen molar-refractivity contribution in [2.45, 2.75) is 18.9 Å². The Morgan fingerprint density at radius 3 is 2.65 bits per heavy atom. The highest BCUT2D eigenvalue weighted by molar-refractivity contribution is 5.99. The lowest BCUT2D eigenvalue weighted by Gasteiger charge is -2.18. The van der Waals surface area contributed by atoms with E-state index >= 15 is 0 Å². The van der Waals surface area contributed by atoms with E-state index in [0.717, 1.165) is 22.5 Å². The van der Waals surface area contributed by atoms with Gasteiger partial charge in [0, 0.05) is 47.1 Å². The molecule has 10 heteroatoms. The van der Waals surface area contributed by atoms with Gasteiger partial charge in [-0.05, 0) is 71.6 Å². The van der Waals surface area contributed by atoms with Crippen LogP contribution in [0, 0.1) is 5.41 Å². The zero-order valence-electron chi connectivity index (χ0n) is 21.8. The predicted molar refractivity (Wildman–Crippen MR) is 151 cm³/mol. The number of ether oxygens (including phenoxy) is 1. The number of aromatic carboxylic acids is 1. The second kappa shape index (κ2) is 11.2. The number of carbonyl (C=O) groups is 2. The van der Waals surface area contributed by atoms with E-state index in [9.17, 15) is 14.7 Å². The molecular weight excluding hydrogens is 508 g/mol.